The maximum absolute atomic E-state index is 11.9. The van der Waals surface area contributed by atoms with E-state index in [4.69, 9.17) is 10.7 Å². The molecule has 0 radical (unpaired) electrons. The van der Waals surface area contributed by atoms with E-state index in [2.05, 4.69) is 6.92 Å². The molecule has 0 aliphatic heterocycles. The Kier molecular flexibility index (Phi) is 7.18. The Balaban J connectivity index is 2.46. The van der Waals surface area contributed by atoms with Gasteiger partial charge in [-0.15, -0.1) is 0 Å². The highest BCUT2D eigenvalue weighted by atomic mass is 35.7. The van der Waals surface area contributed by atoms with Crippen LogP contribution >= 0.6 is 10.7 Å². The highest BCUT2D eigenvalue weighted by Gasteiger charge is 2.11. The molecule has 4 nitrogen and oxygen atoms in total. The molecule has 21 heavy (non-hydrogen) atoms. The highest BCUT2D eigenvalue weighted by Crippen LogP contribution is 2.16. The van der Waals surface area contributed by atoms with Gasteiger partial charge < -0.3 is 4.90 Å². The van der Waals surface area contributed by atoms with Crippen molar-refractivity contribution >= 4 is 25.6 Å². The average Bonchev–Trinajstić information content (AvgIpc) is 2.44. The number of unbranched alkanes of at least 4 members (excludes halogenated alkanes) is 2. The number of benzene rings is 1. The number of halogens is 1. The molecule has 0 aliphatic carbocycles. The van der Waals surface area contributed by atoms with E-state index in [1.54, 1.807) is 17.0 Å². The van der Waals surface area contributed by atoms with Crippen LogP contribution in [0.1, 0.15) is 38.2 Å². The summed E-state index contributed by atoms with van der Waals surface area (Å²) in [4.78, 5) is 13.8. The summed E-state index contributed by atoms with van der Waals surface area (Å²) in [5.74, 6) is 0.111. The molecule has 0 saturated heterocycles. The molecular weight excluding hydrogens is 310 g/mol. The van der Waals surface area contributed by atoms with Gasteiger partial charge in [0, 0.05) is 30.7 Å². The van der Waals surface area contributed by atoms with Crippen molar-refractivity contribution in [2.45, 2.75) is 43.9 Å². The van der Waals surface area contributed by atoms with Crippen LogP contribution in [0.15, 0.2) is 29.2 Å². The molecule has 1 rings (SSSR count). The molecule has 0 heterocycles. The molecular formula is C15H22ClNO3S. The van der Waals surface area contributed by atoms with Crippen molar-refractivity contribution in [1.82, 2.24) is 4.90 Å². The van der Waals surface area contributed by atoms with E-state index in [1.807, 2.05) is 7.05 Å². The van der Waals surface area contributed by atoms with Crippen LogP contribution in [0.3, 0.4) is 0 Å². The van der Waals surface area contributed by atoms with Crippen molar-refractivity contribution in [3.63, 3.8) is 0 Å². The zero-order valence-corrected chi connectivity index (χ0v) is 14.1. The number of carbonyl (C=O) groups is 1. The van der Waals surface area contributed by atoms with Gasteiger partial charge in [0.05, 0.1) is 4.90 Å². The van der Waals surface area contributed by atoms with Gasteiger partial charge in [-0.25, -0.2) is 8.42 Å². The van der Waals surface area contributed by atoms with Crippen LogP contribution in [0.4, 0.5) is 0 Å². The molecule has 0 fully saturated rings. The number of hydrogen-bond acceptors (Lipinski definition) is 3. The smallest absolute Gasteiger partial charge is 0.261 e. The minimum atomic E-state index is -3.68. The lowest BCUT2D eigenvalue weighted by molar-refractivity contribution is -0.129. The van der Waals surface area contributed by atoms with Gasteiger partial charge >= 0.3 is 0 Å². The van der Waals surface area contributed by atoms with Crippen LogP contribution in [-0.4, -0.2) is 32.8 Å². The second kappa shape index (κ2) is 8.39. The minimum absolute atomic E-state index is 0.0796. The fraction of sp³-hybridized carbons (Fsp3) is 0.533. The van der Waals surface area contributed by atoms with Gasteiger partial charge in [0.1, 0.15) is 0 Å². The van der Waals surface area contributed by atoms with E-state index in [-0.39, 0.29) is 10.8 Å². The lowest BCUT2D eigenvalue weighted by Crippen LogP contribution is -2.27. The van der Waals surface area contributed by atoms with E-state index >= 15 is 0 Å². The molecule has 6 heteroatoms. The molecule has 0 N–H and O–H groups in total. The number of aryl methyl sites for hydroxylation is 1. The third kappa shape index (κ3) is 6.48. The number of amides is 1. The Labute approximate surface area is 131 Å². The normalized spacial score (nSPS) is 11.4. The van der Waals surface area contributed by atoms with Gasteiger partial charge in [-0.1, -0.05) is 31.9 Å². The van der Waals surface area contributed by atoms with Crippen LogP contribution in [0, 0.1) is 0 Å². The number of nitrogens with zero attached hydrogens (tertiary/aromatic N) is 1. The molecule has 1 aromatic rings. The first-order valence-corrected chi connectivity index (χ1v) is 9.43. The predicted molar refractivity (Wildman–Crippen MR) is 85.0 cm³/mol. The molecule has 0 unspecified atom stereocenters. The maximum Gasteiger partial charge on any atom is 0.261 e. The quantitative estimate of drug-likeness (QED) is 0.543. The van der Waals surface area contributed by atoms with Gasteiger partial charge in [-0.3, -0.25) is 4.79 Å². The first-order valence-electron chi connectivity index (χ1n) is 7.12. The van der Waals surface area contributed by atoms with Gasteiger partial charge in [0.25, 0.3) is 9.05 Å². The van der Waals surface area contributed by atoms with Crippen molar-refractivity contribution < 1.29 is 13.2 Å². The minimum Gasteiger partial charge on any atom is -0.346 e. The summed E-state index contributed by atoms with van der Waals surface area (Å²) in [6.07, 6.45) is 4.32. The van der Waals surface area contributed by atoms with Crippen molar-refractivity contribution in [3.05, 3.63) is 29.8 Å². The summed E-state index contributed by atoms with van der Waals surface area (Å²) in [5, 5.41) is 0. The van der Waals surface area contributed by atoms with Gasteiger partial charge in [0.2, 0.25) is 5.91 Å². The fourth-order valence-electron chi connectivity index (χ4n) is 1.98. The molecule has 1 amide bonds. The highest BCUT2D eigenvalue weighted by molar-refractivity contribution is 8.13. The van der Waals surface area contributed by atoms with Gasteiger partial charge in [-0.05, 0) is 30.5 Å². The number of carbonyl (C=O) groups excluding carboxylic acids is 1. The zero-order chi connectivity index (χ0) is 15.9. The summed E-state index contributed by atoms with van der Waals surface area (Å²) in [6, 6.07) is 6.32. The number of rotatable bonds is 8. The largest absolute Gasteiger partial charge is 0.346 e. The molecule has 1 aromatic carbocycles. The zero-order valence-electron chi connectivity index (χ0n) is 12.5. The lowest BCUT2D eigenvalue weighted by Gasteiger charge is -2.16. The Hall–Kier alpha value is -1.07. The summed E-state index contributed by atoms with van der Waals surface area (Å²) < 4.78 is 22.3. The maximum atomic E-state index is 11.9. The summed E-state index contributed by atoms with van der Waals surface area (Å²) in [6.45, 7) is 2.92. The topological polar surface area (TPSA) is 54.5 Å². The second-order valence-corrected chi connectivity index (χ2v) is 7.67. The molecule has 0 atom stereocenters. The first kappa shape index (κ1) is 18.0. The third-order valence-corrected chi connectivity index (χ3v) is 4.73. The van der Waals surface area contributed by atoms with E-state index in [9.17, 15) is 13.2 Å². The van der Waals surface area contributed by atoms with E-state index in [1.165, 1.54) is 12.1 Å². The third-order valence-electron chi connectivity index (χ3n) is 3.36. The van der Waals surface area contributed by atoms with Crippen LogP contribution in [0.5, 0.6) is 0 Å². The van der Waals surface area contributed by atoms with Crippen molar-refractivity contribution in [1.29, 1.82) is 0 Å². The Morgan fingerprint density at radius 3 is 2.33 bits per heavy atom. The molecule has 118 valence electrons. The average molecular weight is 332 g/mol. The molecule has 0 aromatic heterocycles. The summed E-state index contributed by atoms with van der Waals surface area (Å²) >= 11 is 0. The first-order chi connectivity index (χ1) is 9.84. The summed E-state index contributed by atoms with van der Waals surface area (Å²) in [7, 11) is 3.39. The Morgan fingerprint density at radius 2 is 1.81 bits per heavy atom. The Bertz CT molecular complexity index is 555. The number of hydrogen-bond donors (Lipinski definition) is 0. The molecule has 0 saturated carbocycles. The van der Waals surface area contributed by atoms with E-state index in [0.29, 0.717) is 12.8 Å². The SMILES string of the molecule is CCCCCN(C)C(=O)CCc1ccc(S(=O)(=O)Cl)cc1. The standard InChI is InChI=1S/C15H22ClNO3S/c1-3-4-5-12-17(2)15(18)11-8-13-6-9-14(10-7-13)21(16,19)20/h6-7,9-10H,3-5,8,11-12H2,1-2H3. The molecule has 0 spiro atoms. The van der Waals surface area contributed by atoms with Gasteiger partial charge in [-0.2, -0.15) is 0 Å². The van der Waals surface area contributed by atoms with Crippen molar-refractivity contribution in [3.8, 4) is 0 Å². The van der Waals surface area contributed by atoms with Crippen LogP contribution in [0.2, 0.25) is 0 Å². The van der Waals surface area contributed by atoms with E-state index in [0.717, 1.165) is 31.4 Å². The molecule has 0 bridgehead atoms. The van der Waals surface area contributed by atoms with E-state index < -0.39 is 9.05 Å². The summed E-state index contributed by atoms with van der Waals surface area (Å²) in [5.41, 5.74) is 0.925. The lowest BCUT2D eigenvalue weighted by atomic mass is 10.1. The second-order valence-electron chi connectivity index (χ2n) is 5.10. The Morgan fingerprint density at radius 1 is 1.19 bits per heavy atom. The fourth-order valence-corrected chi connectivity index (χ4v) is 2.75. The van der Waals surface area contributed by atoms with Crippen LogP contribution < -0.4 is 0 Å². The van der Waals surface area contributed by atoms with Crippen molar-refractivity contribution in [2.75, 3.05) is 13.6 Å². The van der Waals surface area contributed by atoms with Crippen LogP contribution in [-0.2, 0) is 20.3 Å². The van der Waals surface area contributed by atoms with Crippen molar-refractivity contribution in [2.24, 2.45) is 0 Å². The predicted octanol–water partition coefficient (Wildman–Crippen LogP) is 3.20. The molecule has 0 aliphatic rings. The monoisotopic (exact) mass is 331 g/mol. The van der Waals surface area contributed by atoms with Gasteiger partial charge in [0.15, 0.2) is 0 Å². The van der Waals surface area contributed by atoms with Crippen LogP contribution in [0.25, 0.3) is 0 Å².